The molecule has 0 bridgehead atoms. The van der Waals surface area contributed by atoms with Gasteiger partial charge in [0.05, 0.1) is 11.4 Å². The second-order valence-electron chi connectivity index (χ2n) is 4.74. The third kappa shape index (κ3) is 2.17. The molecule has 1 heterocycles. The van der Waals surface area contributed by atoms with E-state index in [0.717, 1.165) is 0 Å². The summed E-state index contributed by atoms with van der Waals surface area (Å²) in [6, 6.07) is 18.0. The Morgan fingerprint density at radius 2 is 1.43 bits per heavy atom. The number of anilines is 2. The summed E-state index contributed by atoms with van der Waals surface area (Å²) in [7, 11) is 0. The van der Waals surface area contributed by atoms with E-state index in [1.54, 1.807) is 36.4 Å². The van der Waals surface area contributed by atoms with Crippen molar-refractivity contribution in [1.29, 1.82) is 0 Å². The number of aliphatic hydroxyl groups is 1. The first-order chi connectivity index (χ1) is 10.2. The van der Waals surface area contributed by atoms with E-state index in [4.69, 9.17) is 0 Å². The predicted molar refractivity (Wildman–Crippen MR) is 78.4 cm³/mol. The van der Waals surface area contributed by atoms with Crippen molar-refractivity contribution in [3.63, 3.8) is 0 Å². The number of nitrogens with zero attached hydrogens (tertiary/aromatic N) is 2. The molecule has 0 radical (unpaired) electrons. The van der Waals surface area contributed by atoms with Gasteiger partial charge in [-0.1, -0.05) is 36.4 Å². The van der Waals surface area contributed by atoms with Crippen molar-refractivity contribution >= 4 is 23.6 Å². The number of hydrazine groups is 1. The van der Waals surface area contributed by atoms with Gasteiger partial charge >= 0.3 is 0 Å². The summed E-state index contributed by atoms with van der Waals surface area (Å²) in [4.78, 5) is 23.6. The van der Waals surface area contributed by atoms with Gasteiger partial charge in [0, 0.05) is 0 Å². The van der Waals surface area contributed by atoms with Crippen molar-refractivity contribution in [2.45, 2.75) is 6.23 Å². The molecule has 1 amide bonds. The molecule has 1 N–H and O–H groups in total. The normalized spacial score (nSPS) is 21.7. The maximum absolute atomic E-state index is 12.4. The van der Waals surface area contributed by atoms with E-state index in [1.165, 1.54) is 10.0 Å². The molecule has 21 heavy (non-hydrogen) atoms. The minimum atomic E-state index is -1.21. The highest BCUT2D eigenvalue weighted by Crippen LogP contribution is 2.33. The quantitative estimate of drug-likeness (QED) is 0.686. The van der Waals surface area contributed by atoms with Gasteiger partial charge in [0.2, 0.25) is 0 Å². The van der Waals surface area contributed by atoms with E-state index < -0.39 is 18.1 Å². The average Bonchev–Trinajstić information content (AvgIpc) is 2.79. The molecular weight excluding hydrogens is 268 g/mol. The fourth-order valence-electron chi connectivity index (χ4n) is 2.44. The maximum atomic E-state index is 12.4. The van der Waals surface area contributed by atoms with E-state index in [-0.39, 0.29) is 0 Å². The SMILES string of the molecule is O=CC1C(=O)N(c2ccccc2)N(c2ccccc2)C1O. The van der Waals surface area contributed by atoms with Gasteiger partial charge in [-0.15, -0.1) is 0 Å². The van der Waals surface area contributed by atoms with Gasteiger partial charge in [-0.25, -0.2) is 10.0 Å². The highest BCUT2D eigenvalue weighted by molar-refractivity contribution is 6.08. The minimum absolute atomic E-state index is 0.437. The zero-order valence-electron chi connectivity index (χ0n) is 11.2. The molecule has 5 heteroatoms. The van der Waals surface area contributed by atoms with Gasteiger partial charge in [0.1, 0.15) is 12.2 Å². The smallest absolute Gasteiger partial charge is 0.260 e. The molecular formula is C16H14N2O3. The number of carbonyl (C=O) groups is 2. The average molecular weight is 282 g/mol. The van der Waals surface area contributed by atoms with Gasteiger partial charge in [-0.05, 0) is 24.3 Å². The number of carbonyl (C=O) groups excluding carboxylic acids is 2. The summed E-state index contributed by atoms with van der Waals surface area (Å²) in [5.41, 5.74) is 1.25. The topological polar surface area (TPSA) is 60.9 Å². The molecule has 106 valence electrons. The zero-order valence-corrected chi connectivity index (χ0v) is 11.2. The largest absolute Gasteiger partial charge is 0.370 e. The number of amides is 1. The lowest BCUT2D eigenvalue weighted by molar-refractivity contribution is -0.127. The van der Waals surface area contributed by atoms with E-state index in [1.807, 2.05) is 24.3 Å². The van der Waals surface area contributed by atoms with Crippen molar-refractivity contribution < 1.29 is 14.7 Å². The summed E-state index contributed by atoms with van der Waals surface area (Å²) in [6.07, 6.45) is -0.719. The fourth-order valence-corrected chi connectivity index (χ4v) is 2.44. The lowest BCUT2D eigenvalue weighted by Crippen LogP contribution is -2.43. The van der Waals surface area contributed by atoms with E-state index in [2.05, 4.69) is 0 Å². The van der Waals surface area contributed by atoms with Crippen molar-refractivity contribution in [2.75, 3.05) is 10.0 Å². The Hall–Kier alpha value is -2.66. The predicted octanol–water partition coefficient (Wildman–Crippen LogP) is 1.59. The molecule has 1 fully saturated rings. The van der Waals surface area contributed by atoms with Crippen LogP contribution in [0.3, 0.4) is 0 Å². The van der Waals surface area contributed by atoms with Crippen LogP contribution in [0.15, 0.2) is 60.7 Å². The van der Waals surface area contributed by atoms with Gasteiger partial charge in [-0.2, -0.15) is 0 Å². The Bertz CT molecular complexity index is 645. The molecule has 0 aromatic heterocycles. The molecule has 0 aliphatic carbocycles. The molecule has 1 saturated heterocycles. The first-order valence-electron chi connectivity index (χ1n) is 6.60. The number of aliphatic hydroxyl groups excluding tert-OH is 1. The molecule has 0 saturated carbocycles. The molecule has 1 aliphatic heterocycles. The molecule has 2 aromatic carbocycles. The zero-order chi connectivity index (χ0) is 14.8. The molecule has 2 atom stereocenters. The van der Waals surface area contributed by atoms with Crippen molar-refractivity contribution in [3.8, 4) is 0 Å². The third-order valence-electron chi connectivity index (χ3n) is 3.45. The number of benzene rings is 2. The first kappa shape index (κ1) is 13.3. The van der Waals surface area contributed by atoms with Crippen LogP contribution < -0.4 is 10.0 Å². The van der Waals surface area contributed by atoms with Crippen molar-refractivity contribution in [1.82, 2.24) is 0 Å². The van der Waals surface area contributed by atoms with Crippen LogP contribution in [0, 0.1) is 5.92 Å². The highest BCUT2D eigenvalue weighted by atomic mass is 16.3. The Balaban J connectivity index is 2.10. The van der Waals surface area contributed by atoms with Crippen LogP contribution in [0.4, 0.5) is 11.4 Å². The number of aldehydes is 1. The first-order valence-corrected chi connectivity index (χ1v) is 6.60. The molecule has 1 aliphatic rings. The lowest BCUT2D eigenvalue weighted by Gasteiger charge is -2.31. The van der Waals surface area contributed by atoms with Gasteiger partial charge in [-0.3, -0.25) is 4.79 Å². The minimum Gasteiger partial charge on any atom is -0.370 e. The van der Waals surface area contributed by atoms with Gasteiger partial charge in [0.25, 0.3) is 5.91 Å². The number of hydrogen-bond donors (Lipinski definition) is 1. The molecule has 0 spiro atoms. The maximum Gasteiger partial charge on any atom is 0.260 e. The van der Waals surface area contributed by atoms with Crippen LogP contribution >= 0.6 is 0 Å². The monoisotopic (exact) mass is 282 g/mol. The van der Waals surface area contributed by atoms with Gasteiger partial charge in [0.15, 0.2) is 6.23 Å². The summed E-state index contributed by atoms with van der Waals surface area (Å²) < 4.78 is 0. The Morgan fingerprint density at radius 3 is 1.95 bits per heavy atom. The van der Waals surface area contributed by atoms with Gasteiger partial charge < -0.3 is 9.90 Å². The second kappa shape index (κ2) is 5.38. The number of rotatable bonds is 3. The molecule has 2 aromatic rings. The third-order valence-corrected chi connectivity index (χ3v) is 3.45. The van der Waals surface area contributed by atoms with Crippen LogP contribution in [0.25, 0.3) is 0 Å². The van der Waals surface area contributed by atoms with Crippen LogP contribution in [0.1, 0.15) is 0 Å². The van der Waals surface area contributed by atoms with Crippen molar-refractivity contribution in [3.05, 3.63) is 60.7 Å². The Kier molecular flexibility index (Phi) is 3.41. The molecule has 5 nitrogen and oxygen atoms in total. The Morgan fingerprint density at radius 1 is 0.905 bits per heavy atom. The van der Waals surface area contributed by atoms with Crippen LogP contribution in [-0.2, 0) is 9.59 Å². The standard InChI is InChI=1S/C16H14N2O3/c19-11-14-15(20)17(12-7-3-1-4-8-12)18(16(14)21)13-9-5-2-6-10-13/h1-11,14-15,20H. The number of hydrogen-bond acceptors (Lipinski definition) is 4. The highest BCUT2D eigenvalue weighted by Gasteiger charge is 2.46. The molecule has 3 rings (SSSR count). The summed E-state index contributed by atoms with van der Waals surface area (Å²) in [5.74, 6) is -1.53. The van der Waals surface area contributed by atoms with Crippen molar-refractivity contribution in [2.24, 2.45) is 5.92 Å². The summed E-state index contributed by atoms with van der Waals surface area (Å²) >= 11 is 0. The second-order valence-corrected chi connectivity index (χ2v) is 4.74. The van der Waals surface area contributed by atoms with E-state index in [0.29, 0.717) is 17.7 Å². The summed E-state index contributed by atoms with van der Waals surface area (Å²) in [5, 5.41) is 13.1. The van der Waals surface area contributed by atoms with Crippen LogP contribution in [0.2, 0.25) is 0 Å². The fraction of sp³-hybridized carbons (Fsp3) is 0.125. The molecule has 2 unspecified atom stereocenters. The summed E-state index contributed by atoms with van der Waals surface area (Å²) in [6.45, 7) is 0. The lowest BCUT2D eigenvalue weighted by atomic mass is 10.1. The van der Waals surface area contributed by atoms with E-state index in [9.17, 15) is 14.7 Å². The van der Waals surface area contributed by atoms with Crippen LogP contribution in [0.5, 0.6) is 0 Å². The Labute approximate surface area is 122 Å². The van der Waals surface area contributed by atoms with Crippen LogP contribution in [-0.4, -0.2) is 23.5 Å². The van der Waals surface area contributed by atoms with E-state index >= 15 is 0 Å². The number of para-hydroxylation sites is 2.